The highest BCUT2D eigenvalue weighted by molar-refractivity contribution is 6.10. The molecular weight excluding hydrogens is 266 g/mol. The molecule has 0 saturated carbocycles. The molecule has 0 aliphatic carbocycles. The number of benzene rings is 1. The van der Waals surface area contributed by atoms with Crippen molar-refractivity contribution < 1.29 is 4.74 Å². The topological polar surface area (TPSA) is 85.3 Å². The molecular formula is C15H11N5O. The van der Waals surface area contributed by atoms with Crippen LogP contribution in [0.5, 0.6) is 11.5 Å². The second-order valence-corrected chi connectivity index (χ2v) is 3.96. The summed E-state index contributed by atoms with van der Waals surface area (Å²) in [6, 6.07) is 16.2. The highest BCUT2D eigenvalue weighted by Crippen LogP contribution is 2.21. The van der Waals surface area contributed by atoms with Crippen molar-refractivity contribution in [1.29, 1.82) is 10.5 Å². The van der Waals surface area contributed by atoms with Gasteiger partial charge in [0.05, 0.1) is 6.20 Å². The van der Waals surface area contributed by atoms with Gasteiger partial charge in [0.15, 0.2) is 0 Å². The molecule has 0 N–H and O–H groups in total. The molecule has 2 rings (SSSR count). The lowest BCUT2D eigenvalue weighted by Gasteiger charge is -2.12. The Kier molecular flexibility index (Phi) is 4.47. The second kappa shape index (κ2) is 6.69. The molecule has 6 nitrogen and oxygen atoms in total. The summed E-state index contributed by atoms with van der Waals surface area (Å²) in [5, 5.41) is 22.5. The van der Waals surface area contributed by atoms with Crippen LogP contribution in [0.15, 0.2) is 53.8 Å². The Morgan fingerprint density at radius 3 is 2.38 bits per heavy atom. The van der Waals surface area contributed by atoms with Crippen molar-refractivity contribution in [3.63, 3.8) is 0 Å². The van der Waals surface area contributed by atoms with Crippen molar-refractivity contribution in [3.05, 3.63) is 48.7 Å². The van der Waals surface area contributed by atoms with Crippen molar-refractivity contribution in [2.75, 3.05) is 12.1 Å². The zero-order valence-electron chi connectivity index (χ0n) is 11.3. The normalized spacial score (nSPS) is 9.10. The molecule has 2 aromatic rings. The van der Waals surface area contributed by atoms with Crippen LogP contribution in [-0.2, 0) is 0 Å². The van der Waals surface area contributed by atoms with Crippen LogP contribution in [0.2, 0.25) is 0 Å². The van der Waals surface area contributed by atoms with Gasteiger partial charge in [-0.15, -0.1) is 5.10 Å². The van der Waals surface area contributed by atoms with Gasteiger partial charge in [-0.25, -0.2) is 9.99 Å². The average Bonchev–Trinajstić information content (AvgIpc) is 2.54. The first-order valence-corrected chi connectivity index (χ1v) is 6.04. The monoisotopic (exact) mass is 277 g/mol. The van der Waals surface area contributed by atoms with E-state index < -0.39 is 0 Å². The fourth-order valence-corrected chi connectivity index (χ4v) is 1.52. The number of nitriles is 2. The number of anilines is 1. The predicted octanol–water partition coefficient (Wildman–Crippen LogP) is 2.71. The van der Waals surface area contributed by atoms with Crippen LogP contribution in [0.3, 0.4) is 0 Å². The van der Waals surface area contributed by atoms with Crippen LogP contribution in [0.4, 0.5) is 5.82 Å². The van der Waals surface area contributed by atoms with Gasteiger partial charge in [-0.05, 0) is 24.3 Å². The Balaban J connectivity index is 2.11. The first-order chi connectivity index (χ1) is 10.2. The second-order valence-electron chi connectivity index (χ2n) is 3.96. The van der Waals surface area contributed by atoms with E-state index in [9.17, 15) is 0 Å². The maximum Gasteiger partial charge on any atom is 0.237 e. The van der Waals surface area contributed by atoms with Crippen LogP contribution in [0.1, 0.15) is 0 Å². The molecule has 1 heterocycles. The fourth-order valence-electron chi connectivity index (χ4n) is 1.52. The molecule has 0 spiro atoms. The van der Waals surface area contributed by atoms with Gasteiger partial charge >= 0.3 is 0 Å². The quantitative estimate of drug-likeness (QED) is 0.633. The maximum absolute atomic E-state index is 8.66. The molecule has 21 heavy (non-hydrogen) atoms. The number of hydrogen-bond acceptors (Lipinski definition) is 6. The summed E-state index contributed by atoms with van der Waals surface area (Å²) in [5.41, 5.74) is -0.232. The smallest absolute Gasteiger partial charge is 0.237 e. The Morgan fingerprint density at radius 2 is 1.81 bits per heavy atom. The van der Waals surface area contributed by atoms with Gasteiger partial charge < -0.3 is 4.74 Å². The minimum atomic E-state index is -0.232. The number of aromatic nitrogens is 1. The Bertz CT molecular complexity index is 694. The molecule has 0 bridgehead atoms. The van der Waals surface area contributed by atoms with E-state index in [0.29, 0.717) is 11.6 Å². The van der Waals surface area contributed by atoms with Crippen LogP contribution >= 0.6 is 0 Å². The highest BCUT2D eigenvalue weighted by Gasteiger charge is 2.04. The Morgan fingerprint density at radius 1 is 1.10 bits per heavy atom. The van der Waals surface area contributed by atoms with Crippen LogP contribution in [0, 0.1) is 22.7 Å². The summed E-state index contributed by atoms with van der Waals surface area (Å²) in [6.07, 6.45) is 1.55. The average molecular weight is 277 g/mol. The first-order valence-electron chi connectivity index (χ1n) is 6.04. The molecule has 0 amide bonds. The summed E-state index contributed by atoms with van der Waals surface area (Å²) in [6.45, 7) is 0. The molecule has 6 heteroatoms. The lowest BCUT2D eigenvalue weighted by Crippen LogP contribution is -2.12. The molecule has 1 aromatic heterocycles. The van der Waals surface area contributed by atoms with Gasteiger partial charge in [0.2, 0.25) is 5.71 Å². The zero-order valence-corrected chi connectivity index (χ0v) is 11.3. The first kappa shape index (κ1) is 14.0. The van der Waals surface area contributed by atoms with Gasteiger partial charge in [0.1, 0.15) is 29.5 Å². The Labute approximate surface area is 122 Å². The van der Waals surface area contributed by atoms with E-state index in [0.717, 1.165) is 5.75 Å². The molecule has 0 aliphatic rings. The molecule has 102 valence electrons. The summed E-state index contributed by atoms with van der Waals surface area (Å²) < 4.78 is 5.61. The summed E-state index contributed by atoms with van der Waals surface area (Å²) in [4.78, 5) is 4.17. The largest absolute Gasteiger partial charge is 0.456 e. The number of ether oxygens (including phenoxy) is 1. The van der Waals surface area contributed by atoms with Crippen LogP contribution in [-0.4, -0.2) is 17.7 Å². The van der Waals surface area contributed by atoms with Crippen LogP contribution < -0.4 is 9.75 Å². The highest BCUT2D eigenvalue weighted by atomic mass is 16.5. The van der Waals surface area contributed by atoms with Crippen molar-refractivity contribution in [3.8, 4) is 23.6 Å². The molecule has 0 fully saturated rings. The number of para-hydroxylation sites is 1. The fraction of sp³-hybridized carbons (Fsp3) is 0.0667. The minimum absolute atomic E-state index is 0.232. The number of rotatable bonds is 4. The number of pyridine rings is 1. The number of hydrogen-bond donors (Lipinski definition) is 0. The lowest BCUT2D eigenvalue weighted by atomic mass is 10.3. The summed E-state index contributed by atoms with van der Waals surface area (Å²) >= 11 is 0. The maximum atomic E-state index is 8.66. The Hall–Kier alpha value is -3.38. The van der Waals surface area contributed by atoms with Crippen molar-refractivity contribution in [2.45, 2.75) is 0 Å². The van der Waals surface area contributed by atoms with E-state index in [-0.39, 0.29) is 5.71 Å². The van der Waals surface area contributed by atoms with Crippen LogP contribution in [0.25, 0.3) is 0 Å². The van der Waals surface area contributed by atoms with Crippen molar-refractivity contribution in [2.24, 2.45) is 5.10 Å². The number of nitrogens with zero attached hydrogens (tertiary/aromatic N) is 5. The zero-order chi connectivity index (χ0) is 15.1. The molecule has 0 radical (unpaired) electrons. The van der Waals surface area contributed by atoms with Gasteiger partial charge in [0, 0.05) is 7.05 Å². The summed E-state index contributed by atoms with van der Waals surface area (Å²) in [5.74, 6) is 1.80. The third-order valence-electron chi connectivity index (χ3n) is 2.49. The van der Waals surface area contributed by atoms with E-state index in [1.165, 1.54) is 5.01 Å². The molecule has 0 saturated heterocycles. The standard InChI is InChI=1S/C15H11N5O/c1-20(19-12(9-16)10-17)15-8-7-14(11-18-15)21-13-5-3-2-4-6-13/h2-8,11H,1H3. The van der Waals surface area contributed by atoms with E-state index in [2.05, 4.69) is 10.1 Å². The third-order valence-corrected chi connectivity index (χ3v) is 2.49. The predicted molar refractivity (Wildman–Crippen MR) is 77.8 cm³/mol. The van der Waals surface area contributed by atoms with E-state index in [1.54, 1.807) is 37.5 Å². The van der Waals surface area contributed by atoms with Crippen molar-refractivity contribution in [1.82, 2.24) is 4.98 Å². The van der Waals surface area contributed by atoms with E-state index in [4.69, 9.17) is 15.3 Å². The molecule has 0 atom stereocenters. The molecule has 0 aliphatic heterocycles. The number of hydrazone groups is 1. The minimum Gasteiger partial charge on any atom is -0.456 e. The van der Waals surface area contributed by atoms with E-state index >= 15 is 0 Å². The van der Waals surface area contributed by atoms with Gasteiger partial charge in [0.25, 0.3) is 0 Å². The van der Waals surface area contributed by atoms with Crippen molar-refractivity contribution >= 4 is 11.5 Å². The lowest BCUT2D eigenvalue weighted by molar-refractivity contribution is 0.480. The molecule has 0 unspecified atom stereocenters. The van der Waals surface area contributed by atoms with Gasteiger partial charge in [-0.2, -0.15) is 10.5 Å². The summed E-state index contributed by atoms with van der Waals surface area (Å²) in [7, 11) is 1.61. The third kappa shape index (κ3) is 3.79. The molecule has 1 aromatic carbocycles. The van der Waals surface area contributed by atoms with Gasteiger partial charge in [-0.3, -0.25) is 0 Å². The SMILES string of the molecule is CN(N=C(C#N)C#N)c1ccc(Oc2ccccc2)cn1. The van der Waals surface area contributed by atoms with E-state index in [1.807, 2.05) is 30.3 Å². The van der Waals surface area contributed by atoms with Gasteiger partial charge in [-0.1, -0.05) is 18.2 Å².